The van der Waals surface area contributed by atoms with Gasteiger partial charge in [0.15, 0.2) is 6.10 Å². The van der Waals surface area contributed by atoms with Gasteiger partial charge in [0, 0.05) is 22.2 Å². The first kappa shape index (κ1) is 15.9. The Balaban J connectivity index is 1.84. The number of hydrogen-bond acceptors (Lipinski definition) is 3. The summed E-state index contributed by atoms with van der Waals surface area (Å²) in [6.45, 7) is 3.31. The minimum atomic E-state index is -0.973. The van der Waals surface area contributed by atoms with Gasteiger partial charge in [0.05, 0.1) is 5.56 Å². The highest BCUT2D eigenvalue weighted by Gasteiger charge is 2.24. The summed E-state index contributed by atoms with van der Waals surface area (Å²) in [5.41, 5.74) is 2.15. The summed E-state index contributed by atoms with van der Waals surface area (Å²) < 4.78 is 18.4. The third kappa shape index (κ3) is 2.93. The summed E-state index contributed by atoms with van der Waals surface area (Å²) in [5.74, 6) is -1.56. The molecule has 0 radical (unpaired) electrons. The molecule has 4 nitrogen and oxygen atoms in total. The molecule has 122 valence electrons. The van der Waals surface area contributed by atoms with E-state index in [1.54, 1.807) is 6.92 Å². The number of ketones is 1. The average Bonchev–Trinajstić information content (AvgIpc) is 2.89. The number of nitrogens with one attached hydrogen (secondary N) is 1. The maximum atomic E-state index is 13.2. The first-order valence-corrected chi connectivity index (χ1v) is 7.55. The fourth-order valence-corrected chi connectivity index (χ4v) is 2.69. The Kier molecular flexibility index (Phi) is 4.16. The average molecular weight is 325 g/mol. The molecular weight excluding hydrogens is 309 g/mol. The van der Waals surface area contributed by atoms with Crippen LogP contribution in [0.4, 0.5) is 4.39 Å². The number of para-hydroxylation sites is 1. The van der Waals surface area contributed by atoms with Gasteiger partial charge in [-0.05, 0) is 38.1 Å². The van der Waals surface area contributed by atoms with E-state index >= 15 is 0 Å². The molecule has 24 heavy (non-hydrogen) atoms. The van der Waals surface area contributed by atoms with Gasteiger partial charge in [0.1, 0.15) is 5.82 Å². The summed E-state index contributed by atoms with van der Waals surface area (Å²) in [6.07, 6.45) is -0.973. The molecule has 3 aromatic rings. The molecule has 5 heteroatoms. The number of H-pyrrole nitrogens is 1. The Bertz CT molecular complexity index is 929. The van der Waals surface area contributed by atoms with Crippen LogP contribution in [0.25, 0.3) is 10.9 Å². The number of Topliss-reactive ketones (excluding diaryl/α,β-unsaturated/α-hetero) is 1. The van der Waals surface area contributed by atoms with Gasteiger partial charge in [-0.1, -0.05) is 24.3 Å². The molecule has 0 fully saturated rings. The van der Waals surface area contributed by atoms with Crippen molar-refractivity contribution in [1.29, 1.82) is 0 Å². The maximum Gasteiger partial charge on any atom is 0.338 e. The fourth-order valence-electron chi connectivity index (χ4n) is 2.69. The Hall–Kier alpha value is -2.95. The van der Waals surface area contributed by atoms with E-state index < -0.39 is 17.9 Å². The number of rotatable bonds is 4. The molecule has 0 spiro atoms. The minimum Gasteiger partial charge on any atom is -0.451 e. The molecule has 0 saturated carbocycles. The van der Waals surface area contributed by atoms with Crippen molar-refractivity contribution in [2.75, 3.05) is 0 Å². The van der Waals surface area contributed by atoms with E-state index in [-0.39, 0.29) is 11.3 Å². The predicted octanol–water partition coefficient (Wildman–Crippen LogP) is 4.04. The number of hydrogen-bond donors (Lipinski definition) is 1. The van der Waals surface area contributed by atoms with E-state index in [1.165, 1.54) is 25.1 Å². The van der Waals surface area contributed by atoms with Gasteiger partial charge in [0.2, 0.25) is 5.78 Å². The zero-order valence-corrected chi connectivity index (χ0v) is 13.3. The van der Waals surface area contributed by atoms with E-state index in [2.05, 4.69) is 4.98 Å². The van der Waals surface area contributed by atoms with Crippen LogP contribution in [0.2, 0.25) is 0 Å². The zero-order chi connectivity index (χ0) is 17.3. The number of ether oxygens (including phenoxy) is 1. The van der Waals surface area contributed by atoms with E-state index in [4.69, 9.17) is 4.74 Å². The fraction of sp³-hybridized carbons (Fsp3) is 0.158. The quantitative estimate of drug-likeness (QED) is 0.582. The lowest BCUT2D eigenvalue weighted by molar-refractivity contribution is 0.0318. The second-order valence-electron chi connectivity index (χ2n) is 5.59. The van der Waals surface area contributed by atoms with Gasteiger partial charge < -0.3 is 9.72 Å². The van der Waals surface area contributed by atoms with Crippen molar-refractivity contribution in [2.45, 2.75) is 20.0 Å². The molecule has 1 heterocycles. The molecular formula is C19H16FNO3. The highest BCUT2D eigenvalue weighted by atomic mass is 19.1. The summed E-state index contributed by atoms with van der Waals surface area (Å²) >= 11 is 0. The van der Waals surface area contributed by atoms with E-state index in [1.807, 2.05) is 24.3 Å². The molecule has 0 saturated heterocycles. The van der Waals surface area contributed by atoms with Gasteiger partial charge in [0.25, 0.3) is 0 Å². The molecule has 1 aromatic heterocycles. The lowest BCUT2D eigenvalue weighted by atomic mass is 10.0. The van der Waals surface area contributed by atoms with Crippen LogP contribution in [0.1, 0.15) is 33.3 Å². The smallest absolute Gasteiger partial charge is 0.338 e. The Labute approximate surface area is 138 Å². The molecule has 0 aliphatic heterocycles. The third-order valence-electron chi connectivity index (χ3n) is 3.85. The lowest BCUT2D eigenvalue weighted by Gasteiger charge is -2.12. The van der Waals surface area contributed by atoms with E-state index in [9.17, 15) is 14.0 Å². The Morgan fingerprint density at radius 3 is 2.62 bits per heavy atom. The van der Waals surface area contributed by atoms with Gasteiger partial charge in [-0.2, -0.15) is 0 Å². The Morgan fingerprint density at radius 2 is 1.88 bits per heavy atom. The summed E-state index contributed by atoms with van der Waals surface area (Å²) in [6, 6.07) is 12.6. The SMILES string of the molecule is Cc1[nH]c2ccccc2c1C(=O)C(C)OC(=O)c1cccc(F)c1. The van der Waals surface area contributed by atoms with Gasteiger partial charge >= 0.3 is 5.97 Å². The molecule has 1 unspecified atom stereocenters. The number of benzene rings is 2. The molecule has 0 bridgehead atoms. The monoisotopic (exact) mass is 325 g/mol. The number of esters is 1. The predicted molar refractivity (Wildman–Crippen MR) is 88.6 cm³/mol. The summed E-state index contributed by atoms with van der Waals surface area (Å²) in [7, 11) is 0. The summed E-state index contributed by atoms with van der Waals surface area (Å²) in [5, 5.41) is 0.786. The minimum absolute atomic E-state index is 0.0744. The lowest BCUT2D eigenvalue weighted by Crippen LogP contribution is -2.25. The van der Waals surface area contributed by atoms with Crippen molar-refractivity contribution < 1.29 is 18.7 Å². The van der Waals surface area contributed by atoms with Crippen molar-refractivity contribution in [1.82, 2.24) is 4.98 Å². The molecule has 1 N–H and O–H groups in total. The van der Waals surface area contributed by atoms with Crippen LogP contribution in [0.3, 0.4) is 0 Å². The highest BCUT2D eigenvalue weighted by molar-refractivity contribution is 6.11. The number of carbonyl (C=O) groups is 2. The maximum absolute atomic E-state index is 13.2. The number of aromatic amines is 1. The second kappa shape index (κ2) is 6.28. The van der Waals surface area contributed by atoms with Crippen LogP contribution in [-0.4, -0.2) is 22.8 Å². The molecule has 0 amide bonds. The number of aromatic nitrogens is 1. The number of halogens is 1. The number of carbonyl (C=O) groups excluding carboxylic acids is 2. The van der Waals surface area contributed by atoms with Gasteiger partial charge in [-0.15, -0.1) is 0 Å². The summed E-state index contributed by atoms with van der Waals surface area (Å²) in [4.78, 5) is 27.9. The largest absolute Gasteiger partial charge is 0.451 e. The van der Waals surface area contributed by atoms with Crippen LogP contribution in [0, 0.1) is 12.7 Å². The van der Waals surface area contributed by atoms with Crippen LogP contribution in [-0.2, 0) is 4.74 Å². The molecule has 3 rings (SSSR count). The normalized spacial score (nSPS) is 12.1. The third-order valence-corrected chi connectivity index (χ3v) is 3.85. The molecule has 1 atom stereocenters. The van der Waals surface area contributed by atoms with Crippen molar-refractivity contribution >= 4 is 22.7 Å². The van der Waals surface area contributed by atoms with Gasteiger partial charge in [-0.25, -0.2) is 9.18 Å². The molecule has 2 aromatic carbocycles. The van der Waals surface area contributed by atoms with Crippen molar-refractivity contribution in [3.05, 3.63) is 71.2 Å². The van der Waals surface area contributed by atoms with Crippen LogP contribution < -0.4 is 0 Å². The number of fused-ring (bicyclic) bond motifs is 1. The van der Waals surface area contributed by atoms with Crippen molar-refractivity contribution in [3.63, 3.8) is 0 Å². The Morgan fingerprint density at radius 1 is 1.12 bits per heavy atom. The first-order chi connectivity index (χ1) is 11.5. The molecule has 0 aliphatic carbocycles. The van der Waals surface area contributed by atoms with Gasteiger partial charge in [-0.3, -0.25) is 4.79 Å². The molecule has 0 aliphatic rings. The zero-order valence-electron chi connectivity index (χ0n) is 13.3. The second-order valence-corrected chi connectivity index (χ2v) is 5.59. The highest BCUT2D eigenvalue weighted by Crippen LogP contribution is 2.24. The van der Waals surface area contributed by atoms with Crippen LogP contribution >= 0.6 is 0 Å². The van der Waals surface area contributed by atoms with Crippen LogP contribution in [0.15, 0.2) is 48.5 Å². The van der Waals surface area contributed by atoms with E-state index in [0.29, 0.717) is 5.56 Å². The first-order valence-electron chi connectivity index (χ1n) is 7.55. The van der Waals surface area contributed by atoms with Crippen molar-refractivity contribution in [3.8, 4) is 0 Å². The van der Waals surface area contributed by atoms with E-state index in [0.717, 1.165) is 22.7 Å². The standard InChI is InChI=1S/C19H16FNO3/c1-11-17(15-8-3-4-9-16(15)21-11)18(22)12(2)24-19(23)13-6-5-7-14(20)10-13/h3-10,12,21H,1-2H3. The van der Waals surface area contributed by atoms with Crippen molar-refractivity contribution in [2.24, 2.45) is 0 Å². The van der Waals surface area contributed by atoms with Crippen LogP contribution in [0.5, 0.6) is 0 Å². The number of aryl methyl sites for hydroxylation is 1. The topological polar surface area (TPSA) is 59.2 Å².